The van der Waals surface area contributed by atoms with Crippen molar-refractivity contribution in [1.29, 1.82) is 0 Å². The SMILES string of the molecule is CCOc1ccc(N2C[C@@H](CCNC[C@@H]3Cn4c(=O)ccc5ccc(F)c3c54)OC2=O)cc1. The zero-order valence-electron chi connectivity index (χ0n) is 18.4. The van der Waals surface area contributed by atoms with Crippen molar-refractivity contribution in [3.05, 3.63) is 70.3 Å². The maximum absolute atomic E-state index is 14.6. The molecular weight excluding hydrogens is 425 g/mol. The lowest BCUT2D eigenvalue weighted by Gasteiger charge is -2.15. The third kappa shape index (κ3) is 4.06. The van der Waals surface area contributed by atoms with E-state index < -0.39 is 0 Å². The van der Waals surface area contributed by atoms with Crippen LogP contribution in [-0.4, -0.2) is 43.0 Å². The van der Waals surface area contributed by atoms with E-state index >= 15 is 0 Å². The second-order valence-electron chi connectivity index (χ2n) is 8.41. The van der Waals surface area contributed by atoms with Crippen molar-refractivity contribution in [2.75, 3.05) is 31.1 Å². The van der Waals surface area contributed by atoms with Gasteiger partial charge in [0.2, 0.25) is 0 Å². The standard InChI is InChI=1S/C25H26FN3O4/c1-2-32-19-7-5-18(6-8-19)28-15-20(33-25(28)31)11-12-27-13-17-14-29-22(30)10-4-16-3-9-21(26)23(17)24(16)29/h3-10,17,20,27H,2,11-15H2,1H3/t17-,20-/m1/s1. The Morgan fingerprint density at radius 3 is 2.67 bits per heavy atom. The van der Waals surface area contributed by atoms with Crippen LogP contribution in [0.2, 0.25) is 0 Å². The molecule has 2 aromatic carbocycles. The largest absolute Gasteiger partial charge is 0.494 e. The Morgan fingerprint density at radius 1 is 1.09 bits per heavy atom. The number of pyridine rings is 1. The fourth-order valence-electron chi connectivity index (χ4n) is 4.76. The number of benzene rings is 2. The van der Waals surface area contributed by atoms with E-state index in [2.05, 4.69) is 5.32 Å². The van der Waals surface area contributed by atoms with Crippen LogP contribution < -0.4 is 20.5 Å². The van der Waals surface area contributed by atoms with Crippen molar-refractivity contribution in [3.8, 4) is 5.75 Å². The predicted octanol–water partition coefficient (Wildman–Crippen LogP) is 3.64. The molecule has 0 unspecified atom stereocenters. The van der Waals surface area contributed by atoms with Gasteiger partial charge in [-0.2, -0.15) is 0 Å². The number of carbonyl (C=O) groups excluding carboxylic acids is 1. The van der Waals surface area contributed by atoms with Gasteiger partial charge in [0.1, 0.15) is 17.7 Å². The van der Waals surface area contributed by atoms with Crippen molar-refractivity contribution in [2.24, 2.45) is 0 Å². The zero-order chi connectivity index (χ0) is 22.9. The number of rotatable bonds is 8. The third-order valence-corrected chi connectivity index (χ3v) is 6.32. The van der Waals surface area contributed by atoms with Crippen LogP contribution in [-0.2, 0) is 11.3 Å². The third-order valence-electron chi connectivity index (χ3n) is 6.32. The fraction of sp³-hybridized carbons (Fsp3) is 0.360. The number of cyclic esters (lactones) is 1. The molecule has 2 aliphatic rings. The summed E-state index contributed by atoms with van der Waals surface area (Å²) in [5.41, 5.74) is 1.97. The first-order valence-electron chi connectivity index (χ1n) is 11.3. The summed E-state index contributed by atoms with van der Waals surface area (Å²) in [6.45, 7) is 4.61. The van der Waals surface area contributed by atoms with Crippen LogP contribution in [0.3, 0.4) is 0 Å². The van der Waals surface area contributed by atoms with Gasteiger partial charge in [0, 0.05) is 36.3 Å². The summed E-state index contributed by atoms with van der Waals surface area (Å²) in [5.74, 6) is 0.371. The van der Waals surface area contributed by atoms with Gasteiger partial charge in [0.25, 0.3) is 5.56 Å². The Bertz CT molecular complexity index is 1240. The van der Waals surface area contributed by atoms with Gasteiger partial charge in [0.15, 0.2) is 0 Å². The second kappa shape index (κ2) is 8.86. The molecule has 2 aliphatic heterocycles. The first-order valence-corrected chi connectivity index (χ1v) is 11.3. The number of anilines is 1. The number of amides is 1. The highest BCUT2D eigenvalue weighted by Crippen LogP contribution is 2.34. The van der Waals surface area contributed by atoms with E-state index in [1.165, 1.54) is 12.1 Å². The summed E-state index contributed by atoms with van der Waals surface area (Å²) in [6, 6.07) is 13.8. The Labute approximate surface area is 190 Å². The van der Waals surface area contributed by atoms with Crippen molar-refractivity contribution < 1.29 is 18.7 Å². The topological polar surface area (TPSA) is 72.8 Å². The zero-order valence-corrected chi connectivity index (χ0v) is 18.4. The normalized spacial score (nSPS) is 19.3. The van der Waals surface area contributed by atoms with Gasteiger partial charge in [-0.05, 0) is 67.7 Å². The van der Waals surface area contributed by atoms with Crippen molar-refractivity contribution in [2.45, 2.75) is 31.9 Å². The van der Waals surface area contributed by atoms with E-state index in [0.717, 1.165) is 16.8 Å². The smallest absolute Gasteiger partial charge is 0.414 e. The Kier molecular flexibility index (Phi) is 5.76. The van der Waals surface area contributed by atoms with Gasteiger partial charge >= 0.3 is 6.09 Å². The van der Waals surface area contributed by atoms with Crippen LogP contribution in [0.15, 0.2) is 53.3 Å². The number of nitrogens with zero attached hydrogens (tertiary/aromatic N) is 2. The summed E-state index contributed by atoms with van der Waals surface area (Å²) in [6.07, 6.45) is 0.0645. The van der Waals surface area contributed by atoms with E-state index in [0.29, 0.717) is 50.3 Å². The summed E-state index contributed by atoms with van der Waals surface area (Å²) in [5, 5.41) is 4.24. The van der Waals surface area contributed by atoms with E-state index in [1.54, 1.807) is 21.6 Å². The molecule has 0 bridgehead atoms. The van der Waals surface area contributed by atoms with Crippen LogP contribution in [0.1, 0.15) is 24.8 Å². The Morgan fingerprint density at radius 2 is 1.88 bits per heavy atom. The van der Waals surface area contributed by atoms with Gasteiger partial charge < -0.3 is 19.4 Å². The van der Waals surface area contributed by atoms with E-state index in [4.69, 9.17) is 9.47 Å². The van der Waals surface area contributed by atoms with E-state index in [9.17, 15) is 14.0 Å². The highest BCUT2D eigenvalue weighted by Gasteiger charge is 2.32. The number of hydrogen-bond donors (Lipinski definition) is 1. The molecule has 172 valence electrons. The monoisotopic (exact) mass is 451 g/mol. The highest BCUT2D eigenvalue weighted by atomic mass is 19.1. The lowest BCUT2D eigenvalue weighted by atomic mass is 9.99. The number of carbonyl (C=O) groups is 1. The van der Waals surface area contributed by atoms with Crippen LogP contribution in [0.5, 0.6) is 5.75 Å². The summed E-state index contributed by atoms with van der Waals surface area (Å²) >= 11 is 0. The van der Waals surface area contributed by atoms with Gasteiger partial charge in [-0.15, -0.1) is 0 Å². The fourth-order valence-corrected chi connectivity index (χ4v) is 4.76. The minimum Gasteiger partial charge on any atom is -0.494 e. The molecule has 1 amide bonds. The number of halogens is 1. The molecule has 0 aliphatic carbocycles. The molecule has 0 spiro atoms. The summed E-state index contributed by atoms with van der Waals surface area (Å²) in [7, 11) is 0. The Balaban J connectivity index is 1.16. The van der Waals surface area contributed by atoms with E-state index in [-0.39, 0.29) is 29.5 Å². The average molecular weight is 451 g/mol. The molecule has 0 saturated carbocycles. The number of nitrogens with one attached hydrogen (secondary N) is 1. The number of ether oxygens (including phenoxy) is 2. The van der Waals surface area contributed by atoms with Gasteiger partial charge in [0.05, 0.1) is 18.7 Å². The summed E-state index contributed by atoms with van der Waals surface area (Å²) < 4.78 is 27.2. The van der Waals surface area contributed by atoms with Crippen molar-refractivity contribution in [1.82, 2.24) is 9.88 Å². The highest BCUT2D eigenvalue weighted by molar-refractivity contribution is 5.89. The predicted molar refractivity (Wildman–Crippen MR) is 124 cm³/mol. The Hall–Kier alpha value is -3.39. The minimum absolute atomic E-state index is 0.107. The van der Waals surface area contributed by atoms with Crippen LogP contribution in [0, 0.1) is 5.82 Å². The molecule has 8 heteroatoms. The van der Waals surface area contributed by atoms with E-state index in [1.807, 2.05) is 31.2 Å². The summed E-state index contributed by atoms with van der Waals surface area (Å²) in [4.78, 5) is 26.2. The lowest BCUT2D eigenvalue weighted by Crippen LogP contribution is -2.28. The molecule has 0 radical (unpaired) electrons. The number of aromatic nitrogens is 1. The molecule has 5 rings (SSSR count). The average Bonchev–Trinajstić information content (AvgIpc) is 3.38. The molecule has 1 fully saturated rings. The van der Waals surface area contributed by atoms with Crippen LogP contribution >= 0.6 is 0 Å². The second-order valence-corrected chi connectivity index (χ2v) is 8.41. The molecule has 3 heterocycles. The molecular formula is C25H26FN3O4. The molecule has 1 N–H and O–H groups in total. The molecule has 3 aromatic rings. The van der Waals surface area contributed by atoms with Crippen LogP contribution in [0.25, 0.3) is 10.9 Å². The molecule has 2 atom stereocenters. The van der Waals surface area contributed by atoms with Gasteiger partial charge in [-0.3, -0.25) is 9.69 Å². The quantitative estimate of drug-likeness (QED) is 0.530. The first-order chi connectivity index (χ1) is 16.0. The molecule has 1 aromatic heterocycles. The van der Waals surface area contributed by atoms with Gasteiger partial charge in [-0.1, -0.05) is 0 Å². The molecule has 33 heavy (non-hydrogen) atoms. The number of hydrogen-bond acceptors (Lipinski definition) is 5. The van der Waals surface area contributed by atoms with Crippen LogP contribution in [0.4, 0.5) is 14.9 Å². The molecule has 7 nitrogen and oxygen atoms in total. The van der Waals surface area contributed by atoms with Crippen molar-refractivity contribution in [3.63, 3.8) is 0 Å². The maximum atomic E-state index is 14.6. The first kappa shape index (κ1) is 21.5. The molecule has 1 saturated heterocycles. The van der Waals surface area contributed by atoms with Gasteiger partial charge in [-0.25, -0.2) is 9.18 Å². The van der Waals surface area contributed by atoms with Crippen molar-refractivity contribution >= 4 is 22.7 Å². The maximum Gasteiger partial charge on any atom is 0.414 e. The lowest BCUT2D eigenvalue weighted by molar-refractivity contribution is 0.136. The minimum atomic E-state index is -0.358.